The topological polar surface area (TPSA) is 56.2 Å². The summed E-state index contributed by atoms with van der Waals surface area (Å²) < 4.78 is 7.36. The van der Waals surface area contributed by atoms with Crippen LogP contribution in [0.1, 0.15) is 35.9 Å². The highest BCUT2D eigenvalue weighted by molar-refractivity contribution is 7.98. The van der Waals surface area contributed by atoms with E-state index in [0.717, 1.165) is 33.2 Å². The molecule has 1 atom stereocenters. The van der Waals surface area contributed by atoms with Crippen LogP contribution in [0.15, 0.2) is 83.8 Å². The number of imidazole rings is 1. The quantitative estimate of drug-likeness (QED) is 0.300. The monoisotopic (exact) mass is 471 g/mol. The highest BCUT2D eigenvalue weighted by Gasteiger charge is 2.25. The molecule has 0 aliphatic heterocycles. The van der Waals surface area contributed by atoms with E-state index in [2.05, 4.69) is 17.4 Å². The van der Waals surface area contributed by atoms with Gasteiger partial charge in [0.15, 0.2) is 0 Å². The molecule has 0 bridgehead atoms. The van der Waals surface area contributed by atoms with E-state index < -0.39 is 0 Å². The molecule has 1 aromatic heterocycles. The number of hydrogen-bond donors (Lipinski definition) is 1. The number of amides is 1. The van der Waals surface area contributed by atoms with Gasteiger partial charge in [-0.15, -0.1) is 11.8 Å². The highest BCUT2D eigenvalue weighted by atomic mass is 32.2. The van der Waals surface area contributed by atoms with Crippen molar-refractivity contribution in [1.82, 2.24) is 14.9 Å². The number of methoxy groups -OCH3 is 1. The summed E-state index contributed by atoms with van der Waals surface area (Å²) in [5.74, 6) is 1.39. The van der Waals surface area contributed by atoms with Gasteiger partial charge in [-0.2, -0.15) is 0 Å². The second kappa shape index (κ2) is 10.6. The Balaban J connectivity index is 1.80. The number of hydrogen-bond acceptors (Lipinski definition) is 4. The van der Waals surface area contributed by atoms with Crippen LogP contribution in [-0.2, 0) is 6.54 Å². The number of nitrogens with zero attached hydrogens (tertiary/aromatic N) is 2. The Kier molecular flexibility index (Phi) is 7.38. The third kappa shape index (κ3) is 4.87. The molecule has 1 N–H and O–H groups in total. The number of carbonyl (C=O) groups excluding carboxylic acids is 1. The van der Waals surface area contributed by atoms with Gasteiger partial charge in [-0.1, -0.05) is 54.6 Å². The summed E-state index contributed by atoms with van der Waals surface area (Å²) in [4.78, 5) is 19.9. The van der Waals surface area contributed by atoms with Crippen molar-refractivity contribution in [3.63, 3.8) is 0 Å². The first-order chi connectivity index (χ1) is 16.5. The van der Waals surface area contributed by atoms with Gasteiger partial charge in [0.25, 0.3) is 5.91 Å². The van der Waals surface area contributed by atoms with Crippen molar-refractivity contribution in [3.8, 4) is 28.4 Å². The van der Waals surface area contributed by atoms with Gasteiger partial charge in [0, 0.05) is 22.6 Å². The molecule has 4 rings (SSSR count). The summed E-state index contributed by atoms with van der Waals surface area (Å²) in [5.41, 5.74) is 4.13. The first-order valence-electron chi connectivity index (χ1n) is 11.3. The summed E-state index contributed by atoms with van der Waals surface area (Å²) in [6.45, 7) is 4.64. The van der Waals surface area contributed by atoms with Gasteiger partial charge >= 0.3 is 0 Å². The van der Waals surface area contributed by atoms with Crippen LogP contribution in [0.5, 0.6) is 5.75 Å². The molecule has 0 aliphatic carbocycles. The highest BCUT2D eigenvalue weighted by Crippen LogP contribution is 2.32. The molecule has 174 valence electrons. The second-order valence-corrected chi connectivity index (χ2v) is 8.83. The molecule has 0 saturated heterocycles. The summed E-state index contributed by atoms with van der Waals surface area (Å²) in [6.07, 6.45) is 2.04. The Labute approximate surface area is 205 Å². The van der Waals surface area contributed by atoms with Crippen LogP contribution in [0.25, 0.3) is 22.6 Å². The fourth-order valence-corrected chi connectivity index (χ4v) is 4.49. The molecular formula is C28H29N3O2S. The normalized spacial score (nSPS) is 11.8. The van der Waals surface area contributed by atoms with Crippen LogP contribution >= 0.6 is 11.8 Å². The predicted octanol–water partition coefficient (Wildman–Crippen LogP) is 6.46. The van der Waals surface area contributed by atoms with E-state index in [9.17, 15) is 4.79 Å². The Bertz CT molecular complexity index is 1280. The maximum Gasteiger partial charge on any atom is 0.270 e. The van der Waals surface area contributed by atoms with Crippen LogP contribution in [0.3, 0.4) is 0 Å². The van der Waals surface area contributed by atoms with E-state index in [-0.39, 0.29) is 11.9 Å². The van der Waals surface area contributed by atoms with E-state index in [4.69, 9.17) is 9.72 Å². The smallest absolute Gasteiger partial charge is 0.270 e. The van der Waals surface area contributed by atoms with Crippen molar-refractivity contribution in [2.75, 3.05) is 13.4 Å². The fourth-order valence-electron chi connectivity index (χ4n) is 4.03. The van der Waals surface area contributed by atoms with Gasteiger partial charge in [0.2, 0.25) is 0 Å². The Morgan fingerprint density at radius 3 is 2.47 bits per heavy atom. The number of benzene rings is 3. The zero-order valence-electron chi connectivity index (χ0n) is 19.9. The number of rotatable bonds is 8. The number of thioether (sulfide) groups is 1. The van der Waals surface area contributed by atoms with Crippen LogP contribution < -0.4 is 10.1 Å². The van der Waals surface area contributed by atoms with Gasteiger partial charge < -0.3 is 14.6 Å². The standard InChI is InChI=1S/C28H29N3O2S/c1-5-31-26(28(32)29-19(2)21-13-9-15-23(17-21)33-3)25(22-14-10-16-24(18-22)34-4)30-27(31)20-11-7-6-8-12-20/h6-19H,5H2,1-4H3,(H,29,32)/t19-/m0/s1. The van der Waals surface area contributed by atoms with Gasteiger partial charge in [-0.05, 0) is 49.9 Å². The predicted molar refractivity (Wildman–Crippen MR) is 139 cm³/mol. The fraction of sp³-hybridized carbons (Fsp3) is 0.214. The van der Waals surface area contributed by atoms with Crippen LogP contribution in [0.2, 0.25) is 0 Å². The van der Waals surface area contributed by atoms with E-state index >= 15 is 0 Å². The van der Waals surface area contributed by atoms with E-state index in [1.54, 1.807) is 18.9 Å². The molecule has 4 aromatic rings. The van der Waals surface area contributed by atoms with Gasteiger partial charge in [0.05, 0.1) is 13.2 Å². The van der Waals surface area contributed by atoms with Crippen molar-refractivity contribution in [2.24, 2.45) is 0 Å². The summed E-state index contributed by atoms with van der Waals surface area (Å²) >= 11 is 1.67. The minimum Gasteiger partial charge on any atom is -0.497 e. The molecule has 34 heavy (non-hydrogen) atoms. The average molecular weight is 472 g/mol. The van der Waals surface area contributed by atoms with Crippen LogP contribution in [0.4, 0.5) is 0 Å². The largest absolute Gasteiger partial charge is 0.497 e. The SMILES string of the molecule is CCn1c(-c2ccccc2)nc(-c2cccc(SC)c2)c1C(=O)N[C@@H](C)c1cccc(OC)c1. The molecule has 0 radical (unpaired) electrons. The molecule has 0 aliphatic rings. The van der Waals surface area contributed by atoms with Crippen molar-refractivity contribution >= 4 is 17.7 Å². The van der Waals surface area contributed by atoms with Crippen molar-refractivity contribution in [3.05, 3.63) is 90.1 Å². The Hall–Kier alpha value is -3.51. The molecule has 0 unspecified atom stereocenters. The molecule has 5 nitrogen and oxygen atoms in total. The minimum atomic E-state index is -0.201. The third-order valence-electron chi connectivity index (χ3n) is 5.82. The Morgan fingerprint density at radius 1 is 1.03 bits per heavy atom. The zero-order valence-corrected chi connectivity index (χ0v) is 20.7. The number of ether oxygens (including phenoxy) is 1. The van der Waals surface area contributed by atoms with Gasteiger partial charge in [0.1, 0.15) is 23.0 Å². The van der Waals surface area contributed by atoms with Crippen molar-refractivity contribution < 1.29 is 9.53 Å². The molecule has 0 saturated carbocycles. The van der Waals surface area contributed by atoms with Crippen LogP contribution in [-0.4, -0.2) is 28.8 Å². The molecule has 0 spiro atoms. The molecule has 1 amide bonds. The summed E-state index contributed by atoms with van der Waals surface area (Å²) in [5, 5.41) is 3.18. The molecule has 1 heterocycles. The third-order valence-corrected chi connectivity index (χ3v) is 6.54. The lowest BCUT2D eigenvalue weighted by Gasteiger charge is -2.17. The maximum atomic E-state index is 13.7. The van der Waals surface area contributed by atoms with Crippen LogP contribution in [0, 0.1) is 0 Å². The van der Waals surface area contributed by atoms with Gasteiger partial charge in [-0.3, -0.25) is 4.79 Å². The summed E-state index contributed by atoms with van der Waals surface area (Å²) in [6, 6.07) is 25.7. The zero-order chi connectivity index (χ0) is 24.1. The number of nitrogens with one attached hydrogen (secondary N) is 1. The lowest BCUT2D eigenvalue weighted by atomic mass is 10.1. The van der Waals surface area contributed by atoms with Gasteiger partial charge in [-0.25, -0.2) is 4.98 Å². The van der Waals surface area contributed by atoms with Crippen molar-refractivity contribution in [1.29, 1.82) is 0 Å². The van der Waals surface area contributed by atoms with E-state index in [1.165, 1.54) is 0 Å². The van der Waals surface area contributed by atoms with E-state index in [0.29, 0.717) is 17.9 Å². The Morgan fingerprint density at radius 2 is 1.76 bits per heavy atom. The second-order valence-electron chi connectivity index (χ2n) is 7.95. The summed E-state index contributed by atoms with van der Waals surface area (Å²) in [7, 11) is 1.64. The lowest BCUT2D eigenvalue weighted by Crippen LogP contribution is -2.29. The molecule has 3 aromatic carbocycles. The van der Waals surface area contributed by atoms with Crippen molar-refractivity contribution in [2.45, 2.75) is 31.3 Å². The first kappa shape index (κ1) is 23.6. The molecule has 6 heteroatoms. The number of aromatic nitrogens is 2. The average Bonchev–Trinajstić information content (AvgIpc) is 3.29. The number of carbonyl (C=O) groups is 1. The first-order valence-corrected chi connectivity index (χ1v) is 12.5. The van der Waals surface area contributed by atoms with E-state index in [1.807, 2.05) is 91.4 Å². The minimum absolute atomic E-state index is 0.156. The molecular weight excluding hydrogens is 442 g/mol. The molecule has 0 fully saturated rings. The maximum absolute atomic E-state index is 13.7. The lowest BCUT2D eigenvalue weighted by molar-refractivity contribution is 0.0931.